The van der Waals surface area contributed by atoms with Gasteiger partial charge in [-0.15, -0.1) is 0 Å². The summed E-state index contributed by atoms with van der Waals surface area (Å²) in [5.74, 6) is -0.495. The van der Waals surface area contributed by atoms with Gasteiger partial charge in [-0.1, -0.05) is 22.0 Å². The monoisotopic (exact) mass is 375 g/mol. The number of hydrogen-bond donors (Lipinski definition) is 0. The van der Waals surface area contributed by atoms with Crippen LogP contribution in [0.4, 0.5) is 0 Å². The van der Waals surface area contributed by atoms with Gasteiger partial charge in [0.1, 0.15) is 6.04 Å². The van der Waals surface area contributed by atoms with E-state index in [1.165, 1.54) is 11.4 Å². The molecule has 1 unspecified atom stereocenters. The second-order valence-corrected chi connectivity index (χ2v) is 7.83. The number of halogens is 1. The fourth-order valence-electron chi connectivity index (χ4n) is 2.54. The van der Waals surface area contributed by atoms with E-state index in [2.05, 4.69) is 15.9 Å². The first kappa shape index (κ1) is 16.5. The molecule has 1 aromatic rings. The number of sulfonamides is 1. The van der Waals surface area contributed by atoms with Gasteiger partial charge in [-0.2, -0.15) is 4.31 Å². The van der Waals surface area contributed by atoms with Gasteiger partial charge in [-0.3, -0.25) is 4.79 Å². The van der Waals surface area contributed by atoms with Crippen molar-refractivity contribution in [2.45, 2.75) is 37.1 Å². The van der Waals surface area contributed by atoms with Crippen LogP contribution in [0, 0.1) is 6.92 Å². The Morgan fingerprint density at radius 3 is 2.76 bits per heavy atom. The molecule has 0 aliphatic carbocycles. The van der Waals surface area contributed by atoms with Gasteiger partial charge in [0.2, 0.25) is 10.0 Å². The maximum Gasteiger partial charge on any atom is 0.324 e. The molecule has 0 bridgehead atoms. The molecule has 1 aliphatic rings. The number of nitrogens with zero attached hydrogens (tertiary/aromatic N) is 1. The van der Waals surface area contributed by atoms with Gasteiger partial charge in [0.25, 0.3) is 0 Å². The van der Waals surface area contributed by atoms with Crippen LogP contribution in [0.5, 0.6) is 0 Å². The molecule has 1 aliphatic heterocycles. The third-order valence-electron chi connectivity index (χ3n) is 3.66. The van der Waals surface area contributed by atoms with E-state index in [0.29, 0.717) is 23.0 Å². The maximum absolute atomic E-state index is 12.9. The first-order chi connectivity index (χ1) is 9.87. The molecule has 1 heterocycles. The normalized spacial score (nSPS) is 20.2. The molecular weight excluding hydrogens is 358 g/mol. The fraction of sp³-hybridized carbons (Fsp3) is 0.500. The molecule has 0 saturated carbocycles. The smallest absolute Gasteiger partial charge is 0.324 e. The Labute approximate surface area is 133 Å². The van der Waals surface area contributed by atoms with Crippen LogP contribution in [-0.4, -0.2) is 38.4 Å². The van der Waals surface area contributed by atoms with Crippen LogP contribution in [0.15, 0.2) is 27.6 Å². The Hall–Kier alpha value is -0.920. The molecule has 5 nitrogen and oxygen atoms in total. The molecule has 1 fully saturated rings. The first-order valence-electron chi connectivity index (χ1n) is 6.73. The topological polar surface area (TPSA) is 63.7 Å². The Kier molecular flexibility index (Phi) is 5.06. The zero-order valence-corrected chi connectivity index (χ0v) is 14.4. The lowest BCUT2D eigenvalue weighted by Gasteiger charge is -2.33. The average molecular weight is 376 g/mol. The van der Waals surface area contributed by atoms with Crippen molar-refractivity contribution in [3.05, 3.63) is 28.2 Å². The predicted molar refractivity (Wildman–Crippen MR) is 82.4 cm³/mol. The summed E-state index contributed by atoms with van der Waals surface area (Å²) in [6, 6.07) is 4.39. The molecule has 0 aromatic heterocycles. The van der Waals surface area contributed by atoms with Gasteiger partial charge in [0.05, 0.1) is 12.0 Å². The molecule has 0 N–H and O–H groups in total. The van der Waals surface area contributed by atoms with E-state index in [1.807, 2.05) is 0 Å². The van der Waals surface area contributed by atoms with Crippen molar-refractivity contribution in [1.29, 1.82) is 0 Å². The van der Waals surface area contributed by atoms with Crippen molar-refractivity contribution in [3.63, 3.8) is 0 Å². The second-order valence-electron chi connectivity index (χ2n) is 5.06. The van der Waals surface area contributed by atoms with E-state index < -0.39 is 22.0 Å². The van der Waals surface area contributed by atoms with E-state index in [-0.39, 0.29) is 4.90 Å². The van der Waals surface area contributed by atoms with Gasteiger partial charge in [0.15, 0.2) is 0 Å². The third kappa shape index (κ3) is 3.30. The number of piperidine rings is 1. The molecule has 0 spiro atoms. The standard InChI is InChI=1S/C14H18BrNO4S/c1-10-6-7-11(15)9-13(10)21(18,19)16-8-4-3-5-12(16)14(17)20-2/h6-7,9,12H,3-5,8H2,1-2H3. The van der Waals surface area contributed by atoms with Crippen LogP contribution in [0.2, 0.25) is 0 Å². The lowest BCUT2D eigenvalue weighted by molar-refractivity contribution is -0.146. The summed E-state index contributed by atoms with van der Waals surface area (Å²) in [5, 5.41) is 0. The van der Waals surface area contributed by atoms with Crippen molar-refractivity contribution in [2.75, 3.05) is 13.7 Å². The van der Waals surface area contributed by atoms with E-state index >= 15 is 0 Å². The molecule has 0 amide bonds. The minimum absolute atomic E-state index is 0.229. The number of ether oxygens (including phenoxy) is 1. The molecular formula is C14H18BrNO4S. The van der Waals surface area contributed by atoms with Gasteiger partial charge in [-0.05, 0) is 43.9 Å². The van der Waals surface area contributed by atoms with Gasteiger partial charge < -0.3 is 4.74 Å². The quantitative estimate of drug-likeness (QED) is 0.761. The second kappa shape index (κ2) is 6.46. The van der Waals surface area contributed by atoms with Gasteiger partial charge in [0, 0.05) is 11.0 Å². The van der Waals surface area contributed by atoms with Gasteiger partial charge in [-0.25, -0.2) is 8.42 Å². The lowest BCUT2D eigenvalue weighted by atomic mass is 10.1. The number of methoxy groups -OCH3 is 1. The van der Waals surface area contributed by atoms with Gasteiger partial charge >= 0.3 is 5.97 Å². The zero-order chi connectivity index (χ0) is 15.6. The summed E-state index contributed by atoms with van der Waals surface area (Å²) < 4.78 is 32.5. The van der Waals surface area contributed by atoms with Crippen LogP contribution in [0.1, 0.15) is 24.8 Å². The number of esters is 1. The fourth-order valence-corrected chi connectivity index (χ4v) is 4.95. The summed E-state index contributed by atoms with van der Waals surface area (Å²) in [6.07, 6.45) is 2.07. The lowest BCUT2D eigenvalue weighted by Crippen LogP contribution is -2.48. The summed E-state index contributed by atoms with van der Waals surface area (Å²) in [4.78, 5) is 12.1. The molecule has 2 rings (SSSR count). The Balaban J connectivity index is 2.45. The number of benzene rings is 1. The molecule has 116 valence electrons. The number of carbonyl (C=O) groups excluding carboxylic acids is 1. The van der Waals surface area contributed by atoms with Crippen LogP contribution in [-0.2, 0) is 19.6 Å². The third-order valence-corrected chi connectivity index (χ3v) is 6.21. The van der Waals surface area contributed by atoms with Crippen molar-refractivity contribution >= 4 is 31.9 Å². The van der Waals surface area contributed by atoms with E-state index in [9.17, 15) is 13.2 Å². The van der Waals surface area contributed by atoms with Crippen LogP contribution >= 0.6 is 15.9 Å². The van der Waals surface area contributed by atoms with Crippen molar-refractivity contribution in [3.8, 4) is 0 Å². The van der Waals surface area contributed by atoms with Crippen molar-refractivity contribution in [1.82, 2.24) is 4.31 Å². The minimum atomic E-state index is -3.72. The van der Waals surface area contributed by atoms with E-state index in [0.717, 1.165) is 12.8 Å². The zero-order valence-electron chi connectivity index (χ0n) is 12.0. The highest BCUT2D eigenvalue weighted by atomic mass is 79.9. The Bertz CT molecular complexity index is 644. The summed E-state index contributed by atoms with van der Waals surface area (Å²) in [7, 11) is -2.43. The first-order valence-corrected chi connectivity index (χ1v) is 8.97. The SMILES string of the molecule is COC(=O)C1CCCCN1S(=O)(=O)c1cc(Br)ccc1C. The molecule has 21 heavy (non-hydrogen) atoms. The largest absolute Gasteiger partial charge is 0.468 e. The highest BCUT2D eigenvalue weighted by Crippen LogP contribution is 2.29. The number of aryl methyl sites for hydroxylation is 1. The van der Waals surface area contributed by atoms with Crippen LogP contribution in [0.3, 0.4) is 0 Å². The highest BCUT2D eigenvalue weighted by Gasteiger charge is 2.38. The molecule has 1 aromatic carbocycles. The maximum atomic E-state index is 12.9. The Morgan fingerprint density at radius 2 is 2.10 bits per heavy atom. The van der Waals surface area contributed by atoms with E-state index in [4.69, 9.17) is 4.74 Å². The summed E-state index contributed by atoms with van der Waals surface area (Å²) in [5.41, 5.74) is 0.660. The van der Waals surface area contributed by atoms with Crippen LogP contribution < -0.4 is 0 Å². The molecule has 1 atom stereocenters. The molecule has 1 saturated heterocycles. The Morgan fingerprint density at radius 1 is 1.38 bits per heavy atom. The summed E-state index contributed by atoms with van der Waals surface area (Å²) in [6.45, 7) is 2.09. The predicted octanol–water partition coefficient (Wildman–Crippen LogP) is 2.47. The van der Waals surface area contributed by atoms with Crippen molar-refractivity contribution in [2.24, 2.45) is 0 Å². The summed E-state index contributed by atoms with van der Waals surface area (Å²) >= 11 is 3.30. The van der Waals surface area contributed by atoms with Crippen molar-refractivity contribution < 1.29 is 17.9 Å². The number of rotatable bonds is 3. The van der Waals surface area contributed by atoms with Crippen LogP contribution in [0.25, 0.3) is 0 Å². The molecule has 0 radical (unpaired) electrons. The number of hydrogen-bond acceptors (Lipinski definition) is 4. The van der Waals surface area contributed by atoms with E-state index in [1.54, 1.807) is 25.1 Å². The minimum Gasteiger partial charge on any atom is -0.468 e. The average Bonchev–Trinajstić information content (AvgIpc) is 2.48. The molecule has 7 heteroatoms. The highest BCUT2D eigenvalue weighted by molar-refractivity contribution is 9.10. The number of carbonyl (C=O) groups is 1.